The quantitative estimate of drug-likeness (QED) is 0.865. The van der Waals surface area contributed by atoms with E-state index in [0.29, 0.717) is 16.3 Å². The van der Waals surface area contributed by atoms with Crippen molar-refractivity contribution in [1.29, 1.82) is 0 Å². The number of nitrogens with one attached hydrogen (secondary N) is 1. The fourth-order valence-corrected chi connectivity index (χ4v) is 2.77. The summed E-state index contributed by atoms with van der Waals surface area (Å²) in [5, 5.41) is 3.61. The average Bonchev–Trinajstić information content (AvgIpc) is 2.75. The third-order valence-electron chi connectivity index (χ3n) is 3.87. The highest BCUT2D eigenvalue weighted by Gasteiger charge is 2.36. The summed E-state index contributed by atoms with van der Waals surface area (Å²) in [5.41, 5.74) is 2.37. The van der Waals surface area contributed by atoms with Crippen LogP contribution in [0.4, 0.5) is 10.1 Å². The van der Waals surface area contributed by atoms with Crippen molar-refractivity contribution in [3.05, 3.63) is 70.1 Å². The second kappa shape index (κ2) is 6.09. The molecule has 0 atom stereocenters. The Labute approximate surface area is 143 Å². The van der Waals surface area contributed by atoms with Gasteiger partial charge in [-0.1, -0.05) is 23.7 Å². The van der Waals surface area contributed by atoms with Gasteiger partial charge in [0.05, 0.1) is 5.57 Å². The number of halogens is 2. The standard InChI is InChI=1S/C18H14ClFN2O2/c1-10-9-12(19)5-8-14(10)21-16-15(17(23)22(2)18(16)24)11-3-6-13(20)7-4-11/h3-9,21H,1-2H3. The summed E-state index contributed by atoms with van der Waals surface area (Å²) in [5.74, 6) is -1.28. The molecular weight excluding hydrogens is 331 g/mol. The van der Waals surface area contributed by atoms with Gasteiger partial charge in [0.2, 0.25) is 0 Å². The van der Waals surface area contributed by atoms with E-state index in [4.69, 9.17) is 11.6 Å². The number of carbonyl (C=O) groups excluding carboxylic acids is 2. The number of nitrogens with zero attached hydrogens (tertiary/aromatic N) is 1. The molecule has 0 fully saturated rings. The van der Waals surface area contributed by atoms with Gasteiger partial charge in [-0.2, -0.15) is 0 Å². The number of likely N-dealkylation sites (N-methyl/N-ethyl adjacent to an activating group) is 1. The van der Waals surface area contributed by atoms with Crippen LogP contribution in [-0.4, -0.2) is 23.8 Å². The van der Waals surface area contributed by atoms with Crippen LogP contribution in [0.25, 0.3) is 5.57 Å². The predicted molar refractivity (Wildman–Crippen MR) is 90.9 cm³/mol. The van der Waals surface area contributed by atoms with Gasteiger partial charge in [0.25, 0.3) is 11.8 Å². The number of aryl methyl sites for hydroxylation is 1. The lowest BCUT2D eigenvalue weighted by Gasteiger charge is -2.11. The lowest BCUT2D eigenvalue weighted by Crippen LogP contribution is -2.28. The fraction of sp³-hybridized carbons (Fsp3) is 0.111. The van der Waals surface area contributed by atoms with Crippen LogP contribution in [-0.2, 0) is 9.59 Å². The van der Waals surface area contributed by atoms with E-state index in [9.17, 15) is 14.0 Å². The molecule has 24 heavy (non-hydrogen) atoms. The van der Waals surface area contributed by atoms with E-state index < -0.39 is 17.6 Å². The van der Waals surface area contributed by atoms with Crippen LogP contribution in [0.3, 0.4) is 0 Å². The van der Waals surface area contributed by atoms with Crippen molar-refractivity contribution in [2.45, 2.75) is 6.92 Å². The van der Waals surface area contributed by atoms with E-state index >= 15 is 0 Å². The van der Waals surface area contributed by atoms with Crippen molar-refractivity contribution < 1.29 is 14.0 Å². The third kappa shape index (κ3) is 2.78. The topological polar surface area (TPSA) is 49.4 Å². The van der Waals surface area contributed by atoms with Crippen LogP contribution in [0, 0.1) is 12.7 Å². The van der Waals surface area contributed by atoms with Crippen molar-refractivity contribution in [2.24, 2.45) is 0 Å². The molecule has 0 saturated heterocycles. The van der Waals surface area contributed by atoms with Gasteiger partial charge in [0.1, 0.15) is 11.5 Å². The lowest BCUT2D eigenvalue weighted by atomic mass is 10.0. The SMILES string of the molecule is Cc1cc(Cl)ccc1NC1=C(c2ccc(F)cc2)C(=O)N(C)C1=O. The summed E-state index contributed by atoms with van der Waals surface area (Å²) < 4.78 is 13.2. The first-order valence-electron chi connectivity index (χ1n) is 7.24. The van der Waals surface area contributed by atoms with E-state index in [1.807, 2.05) is 6.92 Å². The number of hydrogen-bond acceptors (Lipinski definition) is 3. The number of rotatable bonds is 3. The van der Waals surface area contributed by atoms with Crippen molar-refractivity contribution >= 4 is 34.7 Å². The van der Waals surface area contributed by atoms with Gasteiger partial charge in [0, 0.05) is 17.8 Å². The minimum atomic E-state index is -0.436. The molecule has 2 aromatic rings. The van der Waals surface area contributed by atoms with E-state index in [1.54, 1.807) is 18.2 Å². The molecule has 0 aliphatic carbocycles. The van der Waals surface area contributed by atoms with Crippen molar-refractivity contribution in [2.75, 3.05) is 12.4 Å². The lowest BCUT2D eigenvalue weighted by molar-refractivity contribution is -0.135. The zero-order valence-electron chi connectivity index (χ0n) is 13.1. The summed E-state index contributed by atoms with van der Waals surface area (Å²) in [6.45, 7) is 1.84. The Morgan fingerprint density at radius 1 is 1.04 bits per heavy atom. The van der Waals surface area contributed by atoms with Crippen LogP contribution in [0.2, 0.25) is 5.02 Å². The summed E-state index contributed by atoms with van der Waals surface area (Å²) in [6.07, 6.45) is 0. The zero-order valence-corrected chi connectivity index (χ0v) is 13.8. The van der Waals surface area contributed by atoms with Gasteiger partial charge >= 0.3 is 0 Å². The normalized spacial score (nSPS) is 14.6. The molecule has 0 unspecified atom stereocenters. The van der Waals surface area contributed by atoms with E-state index in [1.165, 1.54) is 31.3 Å². The molecule has 2 amide bonds. The summed E-state index contributed by atoms with van der Waals surface area (Å²) >= 11 is 5.94. The zero-order chi connectivity index (χ0) is 17.4. The van der Waals surface area contributed by atoms with Gasteiger partial charge in [-0.25, -0.2) is 4.39 Å². The Hall–Kier alpha value is -2.66. The Morgan fingerprint density at radius 2 is 1.71 bits per heavy atom. The molecule has 6 heteroatoms. The molecule has 0 spiro atoms. The molecule has 3 rings (SSSR count). The number of amides is 2. The van der Waals surface area contributed by atoms with E-state index in [2.05, 4.69) is 5.32 Å². The smallest absolute Gasteiger partial charge is 0.277 e. The predicted octanol–water partition coefficient (Wildman–Crippen LogP) is 3.61. The minimum absolute atomic E-state index is 0.166. The van der Waals surface area contributed by atoms with Gasteiger partial charge in [-0.05, 0) is 48.4 Å². The molecule has 1 heterocycles. The molecule has 1 aliphatic heterocycles. The molecule has 0 radical (unpaired) electrons. The molecule has 0 bridgehead atoms. The number of imide groups is 1. The van der Waals surface area contributed by atoms with Crippen LogP contribution in [0.5, 0.6) is 0 Å². The second-order valence-electron chi connectivity index (χ2n) is 5.51. The first kappa shape index (κ1) is 16.2. The molecule has 1 aliphatic rings. The molecule has 2 aromatic carbocycles. The van der Waals surface area contributed by atoms with Gasteiger partial charge < -0.3 is 5.32 Å². The van der Waals surface area contributed by atoms with E-state index in [-0.39, 0.29) is 11.3 Å². The first-order chi connectivity index (χ1) is 11.4. The molecule has 1 N–H and O–H groups in total. The summed E-state index contributed by atoms with van der Waals surface area (Å²) in [7, 11) is 1.41. The highest BCUT2D eigenvalue weighted by molar-refractivity contribution is 6.36. The van der Waals surface area contributed by atoms with Crippen molar-refractivity contribution in [1.82, 2.24) is 4.90 Å². The second-order valence-corrected chi connectivity index (χ2v) is 5.95. The van der Waals surface area contributed by atoms with Gasteiger partial charge in [0.15, 0.2) is 0 Å². The van der Waals surface area contributed by atoms with Crippen LogP contribution < -0.4 is 5.32 Å². The Balaban J connectivity index is 2.10. The van der Waals surface area contributed by atoms with Crippen LogP contribution in [0.15, 0.2) is 48.2 Å². The van der Waals surface area contributed by atoms with Crippen LogP contribution in [0.1, 0.15) is 11.1 Å². The Morgan fingerprint density at radius 3 is 2.33 bits per heavy atom. The third-order valence-corrected chi connectivity index (χ3v) is 4.10. The Bertz CT molecular complexity index is 875. The number of anilines is 1. The summed E-state index contributed by atoms with van der Waals surface area (Å²) in [6, 6.07) is 10.7. The van der Waals surface area contributed by atoms with E-state index in [0.717, 1.165) is 10.5 Å². The molecule has 122 valence electrons. The average molecular weight is 345 g/mol. The van der Waals surface area contributed by atoms with Crippen molar-refractivity contribution in [3.8, 4) is 0 Å². The maximum Gasteiger partial charge on any atom is 0.277 e. The molecule has 0 saturated carbocycles. The number of benzene rings is 2. The fourth-order valence-electron chi connectivity index (χ4n) is 2.54. The molecule has 0 aromatic heterocycles. The van der Waals surface area contributed by atoms with Gasteiger partial charge in [-0.15, -0.1) is 0 Å². The highest BCUT2D eigenvalue weighted by atomic mass is 35.5. The minimum Gasteiger partial charge on any atom is -0.350 e. The maximum absolute atomic E-state index is 13.2. The number of hydrogen-bond donors (Lipinski definition) is 1. The van der Waals surface area contributed by atoms with Crippen LogP contribution >= 0.6 is 11.6 Å². The van der Waals surface area contributed by atoms with Gasteiger partial charge in [-0.3, -0.25) is 14.5 Å². The largest absolute Gasteiger partial charge is 0.350 e. The van der Waals surface area contributed by atoms with Crippen molar-refractivity contribution in [3.63, 3.8) is 0 Å². The highest BCUT2D eigenvalue weighted by Crippen LogP contribution is 2.31. The Kier molecular flexibility index (Phi) is 4.11. The molecule has 4 nitrogen and oxygen atoms in total. The monoisotopic (exact) mass is 344 g/mol. The summed E-state index contributed by atoms with van der Waals surface area (Å²) in [4.78, 5) is 25.9. The molecular formula is C18H14ClFN2O2. The first-order valence-corrected chi connectivity index (χ1v) is 7.62. The number of carbonyl (C=O) groups is 2. The maximum atomic E-state index is 13.2.